The van der Waals surface area contributed by atoms with Crippen molar-refractivity contribution in [3.63, 3.8) is 0 Å². The van der Waals surface area contributed by atoms with Crippen molar-refractivity contribution < 1.29 is 9.18 Å². The predicted molar refractivity (Wildman–Crippen MR) is 106 cm³/mol. The Morgan fingerprint density at radius 3 is 2.52 bits per heavy atom. The molecule has 0 aliphatic heterocycles. The molecule has 3 rings (SSSR count). The number of aryl methyl sites for hydroxylation is 1. The average molecular weight is 363 g/mol. The largest absolute Gasteiger partial charge is 0.384 e. The number of pyridine rings is 1. The smallest absolute Gasteiger partial charge is 0.229 e. The molecule has 0 spiro atoms. The van der Waals surface area contributed by atoms with Crippen LogP contribution in [0.25, 0.3) is 0 Å². The molecule has 4 nitrogen and oxygen atoms in total. The van der Waals surface area contributed by atoms with E-state index in [1.54, 1.807) is 24.4 Å². The summed E-state index contributed by atoms with van der Waals surface area (Å²) in [4.78, 5) is 16.3. The van der Waals surface area contributed by atoms with Crippen LogP contribution in [-0.4, -0.2) is 17.4 Å². The quantitative estimate of drug-likeness (QED) is 0.582. The van der Waals surface area contributed by atoms with Gasteiger partial charge in [0, 0.05) is 6.54 Å². The van der Waals surface area contributed by atoms with E-state index in [4.69, 9.17) is 0 Å². The Hall–Kier alpha value is -3.21. The minimum atomic E-state index is -0.346. The van der Waals surface area contributed by atoms with Crippen molar-refractivity contribution in [3.05, 3.63) is 89.9 Å². The second-order valence-electron chi connectivity index (χ2n) is 6.30. The van der Waals surface area contributed by atoms with Crippen molar-refractivity contribution in [1.29, 1.82) is 0 Å². The number of nitrogens with zero attached hydrogens (tertiary/aromatic N) is 1. The Balaban J connectivity index is 1.42. The van der Waals surface area contributed by atoms with Crippen LogP contribution in [0.15, 0.2) is 72.9 Å². The fourth-order valence-electron chi connectivity index (χ4n) is 2.76. The number of rotatable bonds is 8. The number of anilines is 2. The zero-order valence-corrected chi connectivity index (χ0v) is 15.0. The summed E-state index contributed by atoms with van der Waals surface area (Å²) in [6.07, 6.45) is 3.85. The second kappa shape index (κ2) is 9.48. The molecule has 0 unspecified atom stereocenters. The first-order chi connectivity index (χ1) is 13.2. The number of carbonyl (C=O) groups excluding carboxylic acids is 1. The molecule has 0 bridgehead atoms. The number of amides is 1. The molecule has 2 aromatic carbocycles. The van der Waals surface area contributed by atoms with E-state index in [0.717, 1.165) is 25.1 Å². The van der Waals surface area contributed by atoms with Gasteiger partial charge < -0.3 is 10.6 Å². The summed E-state index contributed by atoms with van der Waals surface area (Å²) in [5.74, 6) is -0.0935. The maximum absolute atomic E-state index is 13.2. The molecule has 0 radical (unpaired) electrons. The molecule has 1 heterocycles. The highest BCUT2D eigenvalue weighted by molar-refractivity contribution is 5.91. The maximum atomic E-state index is 13.2. The van der Waals surface area contributed by atoms with Crippen LogP contribution in [-0.2, 0) is 17.6 Å². The number of hydrogen-bond donors (Lipinski definition) is 2. The molecule has 0 aliphatic rings. The second-order valence-corrected chi connectivity index (χ2v) is 6.30. The van der Waals surface area contributed by atoms with Crippen molar-refractivity contribution in [2.75, 3.05) is 17.2 Å². The number of carbonyl (C=O) groups is 1. The van der Waals surface area contributed by atoms with Gasteiger partial charge in [-0.05, 0) is 48.2 Å². The Morgan fingerprint density at radius 1 is 0.963 bits per heavy atom. The minimum Gasteiger partial charge on any atom is -0.384 e. The van der Waals surface area contributed by atoms with Gasteiger partial charge in [-0.1, -0.05) is 42.5 Å². The van der Waals surface area contributed by atoms with Crippen LogP contribution in [0, 0.1) is 5.82 Å². The summed E-state index contributed by atoms with van der Waals surface area (Å²) >= 11 is 0. The first-order valence-corrected chi connectivity index (χ1v) is 8.97. The zero-order chi connectivity index (χ0) is 18.9. The van der Waals surface area contributed by atoms with Gasteiger partial charge >= 0.3 is 0 Å². The van der Waals surface area contributed by atoms with Gasteiger partial charge in [0.05, 0.1) is 18.3 Å². The van der Waals surface area contributed by atoms with Crippen LogP contribution >= 0.6 is 0 Å². The SMILES string of the molecule is O=C(Cc1cccc(F)c1)Nc1ccc(NCCCc2ccccc2)cn1. The van der Waals surface area contributed by atoms with E-state index in [-0.39, 0.29) is 18.1 Å². The van der Waals surface area contributed by atoms with Gasteiger partial charge in [-0.15, -0.1) is 0 Å². The lowest BCUT2D eigenvalue weighted by atomic mass is 10.1. The van der Waals surface area contributed by atoms with E-state index < -0.39 is 0 Å². The molecular formula is C22H22FN3O. The molecule has 0 aliphatic carbocycles. The lowest BCUT2D eigenvalue weighted by Crippen LogP contribution is -2.15. The Kier molecular flexibility index (Phi) is 6.52. The number of nitrogens with one attached hydrogen (secondary N) is 2. The summed E-state index contributed by atoms with van der Waals surface area (Å²) in [6.45, 7) is 0.849. The lowest BCUT2D eigenvalue weighted by Gasteiger charge is -2.08. The van der Waals surface area contributed by atoms with Crippen molar-refractivity contribution in [3.8, 4) is 0 Å². The van der Waals surface area contributed by atoms with Crippen LogP contribution in [0.5, 0.6) is 0 Å². The predicted octanol–water partition coefficient (Wildman–Crippen LogP) is 4.45. The van der Waals surface area contributed by atoms with Crippen molar-refractivity contribution in [2.45, 2.75) is 19.3 Å². The summed E-state index contributed by atoms with van der Waals surface area (Å²) < 4.78 is 13.2. The molecule has 3 aromatic rings. The average Bonchev–Trinajstić information content (AvgIpc) is 2.67. The molecule has 1 amide bonds. The molecule has 0 saturated heterocycles. The maximum Gasteiger partial charge on any atom is 0.229 e. The standard InChI is InChI=1S/C22H22FN3O/c23-19-10-4-8-18(14-19)15-22(27)26-21-12-11-20(16-25-21)24-13-5-9-17-6-2-1-3-7-17/h1-4,6-8,10-12,14,16,24H,5,9,13,15H2,(H,25,26,27). The monoisotopic (exact) mass is 363 g/mol. The van der Waals surface area contributed by atoms with Gasteiger partial charge in [0.2, 0.25) is 5.91 Å². The van der Waals surface area contributed by atoms with E-state index in [1.165, 1.54) is 17.7 Å². The molecule has 0 atom stereocenters. The number of aromatic nitrogens is 1. The molecule has 27 heavy (non-hydrogen) atoms. The highest BCUT2D eigenvalue weighted by atomic mass is 19.1. The van der Waals surface area contributed by atoms with Crippen LogP contribution in [0.2, 0.25) is 0 Å². The first kappa shape index (κ1) is 18.6. The third-order valence-electron chi connectivity index (χ3n) is 4.10. The van der Waals surface area contributed by atoms with Gasteiger partial charge in [0.25, 0.3) is 0 Å². The van der Waals surface area contributed by atoms with E-state index in [1.807, 2.05) is 24.3 Å². The highest BCUT2D eigenvalue weighted by Gasteiger charge is 2.06. The van der Waals surface area contributed by atoms with Gasteiger partial charge in [0.15, 0.2) is 0 Å². The number of halogens is 1. The number of hydrogen-bond acceptors (Lipinski definition) is 3. The lowest BCUT2D eigenvalue weighted by molar-refractivity contribution is -0.115. The van der Waals surface area contributed by atoms with Crippen molar-refractivity contribution in [1.82, 2.24) is 4.98 Å². The fourth-order valence-corrected chi connectivity index (χ4v) is 2.76. The molecule has 0 saturated carbocycles. The highest BCUT2D eigenvalue weighted by Crippen LogP contribution is 2.11. The summed E-state index contributed by atoms with van der Waals surface area (Å²) in [6, 6.07) is 20.0. The topological polar surface area (TPSA) is 54.0 Å². The van der Waals surface area contributed by atoms with Crippen molar-refractivity contribution >= 4 is 17.4 Å². The van der Waals surface area contributed by atoms with Gasteiger partial charge in [-0.25, -0.2) is 9.37 Å². The van der Waals surface area contributed by atoms with E-state index >= 15 is 0 Å². The van der Waals surface area contributed by atoms with Gasteiger partial charge in [-0.3, -0.25) is 4.79 Å². The Morgan fingerprint density at radius 2 is 1.78 bits per heavy atom. The molecular weight excluding hydrogens is 341 g/mol. The summed E-state index contributed by atoms with van der Waals surface area (Å²) in [5.41, 5.74) is 2.86. The molecule has 5 heteroatoms. The third kappa shape index (κ3) is 6.22. The Bertz CT molecular complexity index is 866. The van der Waals surface area contributed by atoms with Crippen LogP contribution in [0.4, 0.5) is 15.9 Å². The summed E-state index contributed by atoms with van der Waals surface area (Å²) in [5, 5.41) is 6.05. The molecule has 1 aromatic heterocycles. The first-order valence-electron chi connectivity index (χ1n) is 8.97. The fraction of sp³-hybridized carbons (Fsp3) is 0.182. The van der Waals surface area contributed by atoms with E-state index in [9.17, 15) is 9.18 Å². The van der Waals surface area contributed by atoms with Crippen LogP contribution < -0.4 is 10.6 Å². The van der Waals surface area contributed by atoms with Gasteiger partial charge in [0.1, 0.15) is 11.6 Å². The zero-order valence-electron chi connectivity index (χ0n) is 15.0. The minimum absolute atomic E-state index is 0.110. The number of benzene rings is 2. The molecule has 0 fully saturated rings. The van der Waals surface area contributed by atoms with E-state index in [2.05, 4.69) is 27.8 Å². The van der Waals surface area contributed by atoms with E-state index in [0.29, 0.717) is 11.4 Å². The van der Waals surface area contributed by atoms with Crippen LogP contribution in [0.3, 0.4) is 0 Å². The summed E-state index contributed by atoms with van der Waals surface area (Å²) in [7, 11) is 0. The third-order valence-corrected chi connectivity index (χ3v) is 4.10. The van der Waals surface area contributed by atoms with Crippen LogP contribution in [0.1, 0.15) is 17.5 Å². The van der Waals surface area contributed by atoms with Crippen molar-refractivity contribution in [2.24, 2.45) is 0 Å². The Labute approximate surface area is 158 Å². The van der Waals surface area contributed by atoms with Gasteiger partial charge in [-0.2, -0.15) is 0 Å². The normalized spacial score (nSPS) is 10.4. The molecule has 138 valence electrons. The molecule has 2 N–H and O–H groups in total.